The summed E-state index contributed by atoms with van der Waals surface area (Å²) in [7, 11) is 0. The van der Waals surface area contributed by atoms with Crippen LogP contribution in [0.2, 0.25) is 0 Å². The summed E-state index contributed by atoms with van der Waals surface area (Å²) in [5.41, 5.74) is 7.41. The van der Waals surface area contributed by atoms with Crippen LogP contribution in [-0.4, -0.2) is 0 Å². The molecule has 0 fully saturated rings. The zero-order valence-electron chi connectivity index (χ0n) is 18.3. The zero-order valence-corrected chi connectivity index (χ0v) is 18.3. The van der Waals surface area contributed by atoms with Gasteiger partial charge in [0.25, 0.3) is 0 Å². The van der Waals surface area contributed by atoms with Crippen molar-refractivity contribution in [1.82, 2.24) is 0 Å². The van der Waals surface area contributed by atoms with E-state index >= 15 is 0 Å². The Labute approximate surface area is 182 Å². The molecule has 0 aliphatic rings. The van der Waals surface area contributed by atoms with Crippen molar-refractivity contribution < 1.29 is 0 Å². The van der Waals surface area contributed by atoms with Crippen LogP contribution < -0.4 is 0 Å². The van der Waals surface area contributed by atoms with Gasteiger partial charge < -0.3 is 0 Å². The van der Waals surface area contributed by atoms with E-state index in [0.29, 0.717) is 0 Å². The van der Waals surface area contributed by atoms with Crippen molar-refractivity contribution in [2.24, 2.45) is 0 Å². The maximum atomic E-state index is 3.29. The summed E-state index contributed by atoms with van der Waals surface area (Å²) in [6, 6.07) is 26.1. The van der Waals surface area contributed by atoms with Gasteiger partial charge in [0.05, 0.1) is 0 Å². The van der Waals surface area contributed by atoms with Crippen LogP contribution in [0.4, 0.5) is 0 Å². The van der Waals surface area contributed by atoms with E-state index in [-0.39, 0.29) is 0 Å². The summed E-state index contributed by atoms with van der Waals surface area (Å²) in [5.74, 6) is 6.58. The van der Waals surface area contributed by atoms with Crippen molar-refractivity contribution in [3.05, 3.63) is 107 Å². The van der Waals surface area contributed by atoms with Crippen LogP contribution in [0, 0.1) is 11.8 Å². The third kappa shape index (κ3) is 6.78. The largest absolute Gasteiger partial charge is 0.0888 e. The molecule has 0 aliphatic heterocycles. The van der Waals surface area contributed by atoms with Crippen LogP contribution in [-0.2, 0) is 12.8 Å². The highest BCUT2D eigenvalue weighted by molar-refractivity contribution is 5.64. The van der Waals surface area contributed by atoms with Gasteiger partial charge in [0.2, 0.25) is 0 Å². The third-order valence-electron chi connectivity index (χ3n) is 5.30. The van der Waals surface area contributed by atoms with Gasteiger partial charge in [0.1, 0.15) is 0 Å². The Kier molecular flexibility index (Phi) is 8.55. The number of benzene rings is 3. The van der Waals surface area contributed by atoms with Crippen molar-refractivity contribution >= 4 is 0 Å². The van der Waals surface area contributed by atoms with Gasteiger partial charge in [0.15, 0.2) is 0 Å². The van der Waals surface area contributed by atoms with Gasteiger partial charge in [0, 0.05) is 11.1 Å². The van der Waals surface area contributed by atoms with E-state index in [9.17, 15) is 0 Å². The van der Waals surface area contributed by atoms with Crippen molar-refractivity contribution in [2.45, 2.75) is 52.4 Å². The van der Waals surface area contributed by atoms with Crippen molar-refractivity contribution in [3.8, 4) is 23.0 Å². The number of hydrogen-bond donors (Lipinski definition) is 0. The summed E-state index contributed by atoms with van der Waals surface area (Å²) in [5, 5.41) is 0. The molecule has 3 aromatic rings. The number of aryl methyl sites for hydroxylation is 2. The van der Waals surface area contributed by atoms with Crippen LogP contribution in [0.15, 0.2) is 84.9 Å². The second-order valence-corrected chi connectivity index (χ2v) is 7.74. The summed E-state index contributed by atoms with van der Waals surface area (Å²) >= 11 is 0. The minimum Gasteiger partial charge on any atom is -0.0888 e. The maximum Gasteiger partial charge on any atom is 0.0249 e. The fourth-order valence-electron chi connectivity index (χ4n) is 3.42. The molecule has 0 aliphatic carbocycles. The average Bonchev–Trinajstić information content (AvgIpc) is 2.81. The summed E-state index contributed by atoms with van der Waals surface area (Å²) in [6.07, 6.45) is 11.5. The van der Waals surface area contributed by atoms with Crippen LogP contribution in [0.3, 0.4) is 0 Å². The molecule has 0 N–H and O–H groups in total. The predicted octanol–water partition coefficient (Wildman–Crippen LogP) is 7.99. The molecule has 0 amide bonds. The maximum absolute atomic E-state index is 3.29. The molecular weight excluding hydrogens is 360 g/mol. The minimum absolute atomic E-state index is 1.05. The molecule has 0 saturated heterocycles. The molecule has 3 aromatic carbocycles. The van der Waals surface area contributed by atoms with Gasteiger partial charge in [-0.15, -0.1) is 0 Å². The Balaban J connectivity index is 1.59. The standard InChI is InChI=1S/C30H32/c1-3-5-7-8-10-26-11-13-27(14-12-26)15-16-28-19-23-30(24-20-28)29-21-17-25(18-22-29)9-6-4-2/h5,7,11-14,17-24H,3-4,6,8-10H2,1-2H3/b7-5+. The van der Waals surface area contributed by atoms with Gasteiger partial charge in [-0.2, -0.15) is 0 Å². The topological polar surface area (TPSA) is 0 Å². The first-order valence-electron chi connectivity index (χ1n) is 11.2. The lowest BCUT2D eigenvalue weighted by molar-refractivity contribution is 0.795. The lowest BCUT2D eigenvalue weighted by Gasteiger charge is -2.04. The molecule has 0 heteroatoms. The molecule has 0 unspecified atom stereocenters. The normalized spacial score (nSPS) is 10.7. The minimum atomic E-state index is 1.05. The molecule has 30 heavy (non-hydrogen) atoms. The van der Waals surface area contributed by atoms with E-state index in [1.54, 1.807) is 0 Å². The highest BCUT2D eigenvalue weighted by Crippen LogP contribution is 2.21. The fourth-order valence-corrected chi connectivity index (χ4v) is 3.42. The lowest BCUT2D eigenvalue weighted by Crippen LogP contribution is -1.85. The van der Waals surface area contributed by atoms with E-state index in [0.717, 1.165) is 30.4 Å². The Morgan fingerprint density at radius 1 is 0.600 bits per heavy atom. The summed E-state index contributed by atoms with van der Waals surface area (Å²) in [6.45, 7) is 4.41. The SMILES string of the molecule is CC/C=C/CCc1ccc(C#Cc2ccc(-c3ccc(CCCC)cc3)cc2)cc1. The molecule has 0 atom stereocenters. The first-order valence-corrected chi connectivity index (χ1v) is 11.2. The molecule has 3 rings (SSSR count). The van der Waals surface area contributed by atoms with Crippen molar-refractivity contribution in [1.29, 1.82) is 0 Å². The molecule has 0 aromatic heterocycles. The zero-order chi connectivity index (χ0) is 21.0. The van der Waals surface area contributed by atoms with Crippen LogP contribution in [0.1, 0.15) is 61.8 Å². The first kappa shape index (κ1) is 21.7. The number of rotatable bonds is 8. The van der Waals surface area contributed by atoms with Gasteiger partial charge in [-0.1, -0.05) is 92.8 Å². The van der Waals surface area contributed by atoms with E-state index in [1.165, 1.54) is 41.5 Å². The van der Waals surface area contributed by atoms with E-state index in [2.05, 4.69) is 111 Å². The Hall–Kier alpha value is -3.04. The van der Waals surface area contributed by atoms with Crippen molar-refractivity contribution in [3.63, 3.8) is 0 Å². The average molecular weight is 393 g/mol. The van der Waals surface area contributed by atoms with Gasteiger partial charge >= 0.3 is 0 Å². The van der Waals surface area contributed by atoms with E-state index in [4.69, 9.17) is 0 Å². The molecule has 152 valence electrons. The van der Waals surface area contributed by atoms with Gasteiger partial charge in [-0.05, 0) is 78.6 Å². The summed E-state index contributed by atoms with van der Waals surface area (Å²) in [4.78, 5) is 0. The first-order chi connectivity index (χ1) is 14.8. The second-order valence-electron chi connectivity index (χ2n) is 7.74. The van der Waals surface area contributed by atoms with Gasteiger partial charge in [-0.25, -0.2) is 0 Å². The van der Waals surface area contributed by atoms with Crippen LogP contribution in [0.5, 0.6) is 0 Å². The van der Waals surface area contributed by atoms with E-state index < -0.39 is 0 Å². The smallest absolute Gasteiger partial charge is 0.0249 e. The number of allylic oxidation sites excluding steroid dienone is 2. The highest BCUT2D eigenvalue weighted by Gasteiger charge is 1.99. The molecule has 0 bridgehead atoms. The second kappa shape index (κ2) is 11.8. The molecule has 0 heterocycles. The third-order valence-corrected chi connectivity index (χ3v) is 5.30. The van der Waals surface area contributed by atoms with E-state index in [1.807, 2.05) is 0 Å². The quantitative estimate of drug-likeness (QED) is 0.269. The Bertz CT molecular complexity index is 975. The molecule has 0 saturated carbocycles. The monoisotopic (exact) mass is 392 g/mol. The van der Waals surface area contributed by atoms with Crippen LogP contribution >= 0.6 is 0 Å². The molecule has 0 nitrogen and oxygen atoms in total. The number of unbranched alkanes of at least 4 members (excludes halogenated alkanes) is 1. The Morgan fingerprint density at radius 3 is 1.67 bits per heavy atom. The van der Waals surface area contributed by atoms with Gasteiger partial charge in [-0.3, -0.25) is 0 Å². The van der Waals surface area contributed by atoms with Crippen molar-refractivity contribution in [2.75, 3.05) is 0 Å². The molecule has 0 spiro atoms. The Morgan fingerprint density at radius 2 is 1.10 bits per heavy atom. The van der Waals surface area contributed by atoms with Crippen LogP contribution in [0.25, 0.3) is 11.1 Å². The number of hydrogen-bond acceptors (Lipinski definition) is 0. The lowest BCUT2D eigenvalue weighted by atomic mass is 10.0. The molecular formula is C30H32. The fraction of sp³-hybridized carbons (Fsp3) is 0.267. The summed E-state index contributed by atoms with van der Waals surface area (Å²) < 4.78 is 0. The highest BCUT2D eigenvalue weighted by atomic mass is 14.0. The predicted molar refractivity (Wildman–Crippen MR) is 131 cm³/mol. The molecule has 0 radical (unpaired) electrons.